The molecule has 2 aliphatic rings. The number of nitrogens with zero attached hydrogens (tertiary/aromatic N) is 1. The lowest BCUT2D eigenvalue weighted by molar-refractivity contribution is -0.0495. The Kier molecular flexibility index (Phi) is 7.99. The zero-order chi connectivity index (χ0) is 27.8. The largest absolute Gasteiger partial charge is 0.511 e. The summed E-state index contributed by atoms with van der Waals surface area (Å²) in [5.41, 5.74) is -0.487. The number of benzene rings is 3. The van der Waals surface area contributed by atoms with Gasteiger partial charge in [0.1, 0.15) is 0 Å². The molecule has 1 saturated heterocycles. The van der Waals surface area contributed by atoms with E-state index in [4.69, 9.17) is 23.2 Å². The van der Waals surface area contributed by atoms with Crippen molar-refractivity contribution in [1.82, 2.24) is 9.62 Å². The standard InChI is InChI=1S/C28H25Cl2F3N3O2S/c29-21-6-1-18(2-7-21)27(19-3-8-22(30)9-4-19)20-5-10-25-24(17-20)26(11-14-34-25)35-23-12-15-36(16-13-23)39(37,38)28(31,32)33/h1-9,11,14,17,23,26-27,34-35H,12-13,15-16H2. The lowest BCUT2D eigenvalue weighted by Gasteiger charge is -2.35. The van der Waals surface area contributed by atoms with Gasteiger partial charge in [-0.15, -0.1) is 0 Å². The molecule has 0 aromatic heterocycles. The van der Waals surface area contributed by atoms with Crippen molar-refractivity contribution in [2.45, 2.75) is 36.4 Å². The fourth-order valence-electron chi connectivity index (χ4n) is 5.10. The normalized spacial score (nSPS) is 18.7. The monoisotopic (exact) mass is 594 g/mol. The van der Waals surface area contributed by atoms with Gasteiger partial charge in [-0.25, -0.2) is 8.42 Å². The predicted octanol–water partition coefficient (Wildman–Crippen LogP) is 6.86. The third-order valence-corrected chi connectivity index (χ3v) is 9.22. The second-order valence-electron chi connectivity index (χ2n) is 9.57. The highest BCUT2D eigenvalue weighted by Crippen LogP contribution is 2.38. The van der Waals surface area contributed by atoms with Crippen LogP contribution in [0, 0.1) is 6.07 Å². The summed E-state index contributed by atoms with van der Waals surface area (Å²) in [6.45, 7) is -0.384. The van der Waals surface area contributed by atoms with Crippen LogP contribution in [-0.4, -0.2) is 37.4 Å². The highest BCUT2D eigenvalue weighted by molar-refractivity contribution is 7.90. The Labute approximate surface area is 235 Å². The van der Waals surface area contributed by atoms with Crippen LogP contribution in [0.25, 0.3) is 0 Å². The number of piperidine rings is 1. The molecule has 3 aromatic rings. The number of hydrogen-bond donors (Lipinski definition) is 2. The quantitative estimate of drug-likeness (QED) is 0.306. The summed E-state index contributed by atoms with van der Waals surface area (Å²) in [6, 6.07) is 22.3. The second kappa shape index (κ2) is 11.1. The topological polar surface area (TPSA) is 61.4 Å². The van der Waals surface area contributed by atoms with Gasteiger partial charge in [0, 0.05) is 41.2 Å². The van der Waals surface area contributed by atoms with Crippen LogP contribution in [0.1, 0.15) is 47.1 Å². The van der Waals surface area contributed by atoms with E-state index in [0.717, 1.165) is 27.9 Å². The van der Waals surface area contributed by atoms with Crippen molar-refractivity contribution in [2.24, 2.45) is 0 Å². The lowest BCUT2D eigenvalue weighted by Crippen LogP contribution is -2.49. The molecule has 1 unspecified atom stereocenters. The van der Waals surface area contributed by atoms with Gasteiger partial charge in [0.15, 0.2) is 0 Å². The molecule has 205 valence electrons. The summed E-state index contributed by atoms with van der Waals surface area (Å²) >= 11 is 12.3. The number of fused-ring (bicyclic) bond motifs is 1. The SMILES string of the molecule is O=S(=O)(N1CCC(NC2C=CNc3[c]cc(C(c4ccc(Cl)cc4)c4ccc(Cl)cc4)cc32)CC1)C(F)(F)F. The summed E-state index contributed by atoms with van der Waals surface area (Å²) in [4.78, 5) is 0. The van der Waals surface area contributed by atoms with Crippen molar-refractivity contribution in [2.75, 3.05) is 18.4 Å². The van der Waals surface area contributed by atoms with E-state index in [0.29, 0.717) is 14.4 Å². The van der Waals surface area contributed by atoms with E-state index >= 15 is 0 Å². The van der Waals surface area contributed by atoms with Gasteiger partial charge in [-0.3, -0.25) is 0 Å². The van der Waals surface area contributed by atoms with Gasteiger partial charge in [-0.1, -0.05) is 53.5 Å². The fraction of sp³-hybridized carbons (Fsp3) is 0.286. The predicted molar refractivity (Wildman–Crippen MR) is 147 cm³/mol. The van der Waals surface area contributed by atoms with Crippen molar-refractivity contribution in [3.8, 4) is 0 Å². The molecule has 1 fully saturated rings. The minimum atomic E-state index is -5.32. The van der Waals surface area contributed by atoms with E-state index in [1.165, 1.54) is 0 Å². The molecule has 0 amide bonds. The third kappa shape index (κ3) is 5.98. The molecule has 2 heterocycles. The minimum absolute atomic E-state index is 0.122. The Bertz CT molecular complexity index is 1410. The summed E-state index contributed by atoms with van der Waals surface area (Å²) < 4.78 is 63.0. The number of alkyl halides is 3. The summed E-state index contributed by atoms with van der Waals surface area (Å²) in [7, 11) is -5.32. The van der Waals surface area contributed by atoms with Crippen LogP contribution in [0.4, 0.5) is 18.9 Å². The fourth-order valence-corrected chi connectivity index (χ4v) is 6.33. The first kappa shape index (κ1) is 28.0. The highest BCUT2D eigenvalue weighted by atomic mass is 35.5. The van der Waals surface area contributed by atoms with Crippen LogP contribution in [0.15, 0.2) is 72.9 Å². The Morgan fingerprint density at radius 2 is 1.51 bits per heavy atom. The molecule has 0 saturated carbocycles. The van der Waals surface area contributed by atoms with Gasteiger partial charge in [0.25, 0.3) is 0 Å². The van der Waals surface area contributed by atoms with Crippen LogP contribution >= 0.6 is 23.2 Å². The highest BCUT2D eigenvalue weighted by Gasteiger charge is 2.50. The molecule has 5 rings (SSSR count). The zero-order valence-electron chi connectivity index (χ0n) is 20.6. The first-order valence-electron chi connectivity index (χ1n) is 12.3. The van der Waals surface area contributed by atoms with Crippen LogP contribution < -0.4 is 10.6 Å². The van der Waals surface area contributed by atoms with E-state index in [9.17, 15) is 21.6 Å². The van der Waals surface area contributed by atoms with E-state index in [1.54, 1.807) is 6.20 Å². The van der Waals surface area contributed by atoms with E-state index in [-0.39, 0.29) is 43.9 Å². The summed E-state index contributed by atoms with van der Waals surface area (Å²) in [6.07, 6.45) is 4.28. The van der Waals surface area contributed by atoms with Gasteiger partial charge >= 0.3 is 15.5 Å². The molecule has 5 nitrogen and oxygen atoms in total. The summed E-state index contributed by atoms with van der Waals surface area (Å²) in [5, 5.41) is 7.99. The molecule has 0 spiro atoms. The number of sulfonamides is 1. The Morgan fingerprint density at radius 3 is 2.05 bits per heavy atom. The van der Waals surface area contributed by atoms with Gasteiger partial charge < -0.3 is 10.6 Å². The van der Waals surface area contributed by atoms with Crippen LogP contribution in [-0.2, 0) is 10.0 Å². The van der Waals surface area contributed by atoms with E-state index < -0.39 is 15.5 Å². The van der Waals surface area contributed by atoms with Crippen LogP contribution in [0.2, 0.25) is 10.0 Å². The van der Waals surface area contributed by atoms with Gasteiger partial charge in [-0.05, 0) is 77.7 Å². The van der Waals surface area contributed by atoms with E-state index in [2.05, 4.69) is 22.8 Å². The number of nitrogens with one attached hydrogen (secondary N) is 2. The van der Waals surface area contributed by atoms with Gasteiger partial charge in [-0.2, -0.15) is 17.5 Å². The molecule has 1 atom stereocenters. The maximum Gasteiger partial charge on any atom is 0.511 e. The first-order valence-corrected chi connectivity index (χ1v) is 14.5. The number of halogens is 5. The smallest absolute Gasteiger partial charge is 0.361 e. The van der Waals surface area contributed by atoms with Gasteiger partial charge in [0.05, 0.1) is 11.7 Å². The lowest BCUT2D eigenvalue weighted by atomic mass is 9.83. The molecule has 1 radical (unpaired) electrons. The Hall–Kier alpha value is -2.56. The maximum atomic E-state index is 13.0. The van der Waals surface area contributed by atoms with Crippen molar-refractivity contribution >= 4 is 38.9 Å². The second-order valence-corrected chi connectivity index (χ2v) is 12.4. The maximum absolute atomic E-state index is 13.0. The Morgan fingerprint density at radius 1 is 0.949 bits per heavy atom. The average molecular weight is 595 g/mol. The molecular weight excluding hydrogens is 570 g/mol. The number of anilines is 1. The molecule has 11 heteroatoms. The van der Waals surface area contributed by atoms with Crippen molar-refractivity contribution in [1.29, 1.82) is 0 Å². The van der Waals surface area contributed by atoms with Crippen molar-refractivity contribution in [3.05, 3.63) is 111 Å². The first-order chi connectivity index (χ1) is 18.5. The molecule has 39 heavy (non-hydrogen) atoms. The average Bonchev–Trinajstić information content (AvgIpc) is 2.91. The van der Waals surface area contributed by atoms with E-state index in [1.807, 2.05) is 60.7 Å². The zero-order valence-corrected chi connectivity index (χ0v) is 22.9. The van der Waals surface area contributed by atoms with Crippen LogP contribution in [0.3, 0.4) is 0 Å². The molecule has 3 aromatic carbocycles. The molecule has 2 N–H and O–H groups in total. The molecule has 0 bridgehead atoms. The molecule has 0 aliphatic carbocycles. The third-order valence-electron chi connectivity index (χ3n) is 7.09. The minimum Gasteiger partial charge on any atom is -0.361 e. The number of hydrogen-bond acceptors (Lipinski definition) is 4. The van der Waals surface area contributed by atoms with Crippen molar-refractivity contribution < 1.29 is 21.6 Å². The molecular formula is C28H25Cl2F3N3O2S. The van der Waals surface area contributed by atoms with Gasteiger partial charge in [0.2, 0.25) is 0 Å². The Balaban J connectivity index is 1.40. The number of rotatable bonds is 6. The van der Waals surface area contributed by atoms with Crippen LogP contribution in [0.5, 0.6) is 0 Å². The van der Waals surface area contributed by atoms with Crippen molar-refractivity contribution in [3.63, 3.8) is 0 Å². The molecule has 2 aliphatic heterocycles. The summed E-state index contributed by atoms with van der Waals surface area (Å²) in [5.74, 6) is -0.122.